The number of para-hydroxylation sites is 4. The summed E-state index contributed by atoms with van der Waals surface area (Å²) >= 11 is 1.48. The number of carbonyl (C=O) groups is 1. The molecule has 0 spiro atoms. The fourth-order valence-corrected chi connectivity index (χ4v) is 4.09. The van der Waals surface area contributed by atoms with Crippen molar-refractivity contribution in [3.8, 4) is 0 Å². The van der Waals surface area contributed by atoms with Crippen molar-refractivity contribution < 1.29 is 4.79 Å². The van der Waals surface area contributed by atoms with Gasteiger partial charge in [-0.3, -0.25) is 9.69 Å². The molecule has 0 radical (unpaired) electrons. The van der Waals surface area contributed by atoms with Crippen LogP contribution in [0.15, 0.2) is 90.1 Å². The van der Waals surface area contributed by atoms with Gasteiger partial charge in [0.05, 0.1) is 16.3 Å². The molecule has 0 saturated heterocycles. The Morgan fingerprint density at radius 3 is 2.07 bits per heavy atom. The highest BCUT2D eigenvalue weighted by molar-refractivity contribution is 8.00. The standard InChI is InChI=1S/C23H21N3OS/c1-2-21(28-23-24-19-15-9-10-16-20(19)25-23)22(27)26(17-11-5-3-6-12-17)18-13-7-4-8-14-18/h3-16,21H,2H2,1H3,(H,24,25). The molecule has 4 aromatic rings. The van der Waals surface area contributed by atoms with Crippen molar-refractivity contribution in [3.63, 3.8) is 0 Å². The Bertz CT molecular complexity index is 990. The van der Waals surface area contributed by atoms with Crippen LogP contribution in [-0.2, 0) is 4.79 Å². The number of fused-ring (bicyclic) bond motifs is 1. The Kier molecular flexibility index (Phi) is 5.44. The third-order valence-corrected chi connectivity index (χ3v) is 5.75. The first-order valence-corrected chi connectivity index (χ1v) is 10.2. The van der Waals surface area contributed by atoms with Crippen LogP contribution in [0.5, 0.6) is 0 Å². The van der Waals surface area contributed by atoms with Gasteiger partial charge in [0.2, 0.25) is 5.91 Å². The van der Waals surface area contributed by atoms with Gasteiger partial charge >= 0.3 is 0 Å². The first-order chi connectivity index (χ1) is 13.8. The minimum absolute atomic E-state index is 0.0466. The summed E-state index contributed by atoms with van der Waals surface area (Å²) in [5, 5.41) is 0.517. The summed E-state index contributed by atoms with van der Waals surface area (Å²) in [6, 6.07) is 27.5. The predicted octanol–water partition coefficient (Wildman–Crippen LogP) is 5.80. The average molecular weight is 388 g/mol. The number of nitrogens with zero attached hydrogens (tertiary/aromatic N) is 2. The quantitative estimate of drug-likeness (QED) is 0.426. The van der Waals surface area contributed by atoms with Crippen molar-refractivity contribution in [2.24, 2.45) is 0 Å². The molecule has 1 unspecified atom stereocenters. The number of amides is 1. The zero-order valence-electron chi connectivity index (χ0n) is 15.6. The Balaban J connectivity index is 1.66. The Labute approximate surface area is 168 Å². The van der Waals surface area contributed by atoms with Crippen LogP contribution in [-0.4, -0.2) is 21.1 Å². The summed E-state index contributed by atoms with van der Waals surface area (Å²) in [5.41, 5.74) is 3.62. The van der Waals surface area contributed by atoms with Crippen LogP contribution in [0.25, 0.3) is 11.0 Å². The summed E-state index contributed by atoms with van der Waals surface area (Å²) < 4.78 is 0. The fourth-order valence-electron chi connectivity index (χ4n) is 3.13. The number of rotatable bonds is 6. The fraction of sp³-hybridized carbons (Fsp3) is 0.130. The number of aromatic amines is 1. The molecule has 1 atom stereocenters. The normalized spacial score (nSPS) is 12.0. The van der Waals surface area contributed by atoms with E-state index < -0.39 is 0 Å². The number of hydrogen-bond donors (Lipinski definition) is 1. The molecule has 0 fully saturated rings. The lowest BCUT2D eigenvalue weighted by atomic mass is 10.2. The number of benzene rings is 3. The Morgan fingerprint density at radius 2 is 1.50 bits per heavy atom. The highest BCUT2D eigenvalue weighted by Crippen LogP contribution is 2.32. The van der Waals surface area contributed by atoms with Gasteiger partial charge in [-0.15, -0.1) is 0 Å². The molecule has 0 aliphatic carbocycles. The first kappa shape index (κ1) is 18.3. The van der Waals surface area contributed by atoms with Crippen LogP contribution in [0, 0.1) is 0 Å². The number of H-pyrrole nitrogens is 1. The molecule has 5 heteroatoms. The molecule has 0 saturated carbocycles. The summed E-state index contributed by atoms with van der Waals surface area (Å²) in [5.74, 6) is 0.0466. The maximum atomic E-state index is 13.6. The van der Waals surface area contributed by atoms with Gasteiger partial charge in [-0.2, -0.15) is 0 Å². The molecule has 1 amide bonds. The second-order valence-electron chi connectivity index (χ2n) is 6.42. The van der Waals surface area contributed by atoms with E-state index in [-0.39, 0.29) is 11.2 Å². The molecule has 1 aromatic heterocycles. The minimum Gasteiger partial charge on any atom is -0.333 e. The maximum Gasteiger partial charge on any atom is 0.245 e. The van der Waals surface area contributed by atoms with E-state index in [2.05, 4.69) is 9.97 Å². The summed E-state index contributed by atoms with van der Waals surface area (Å²) in [6.45, 7) is 2.03. The second kappa shape index (κ2) is 8.31. The lowest BCUT2D eigenvalue weighted by Gasteiger charge is -2.26. The van der Waals surface area contributed by atoms with Gasteiger partial charge in [-0.05, 0) is 42.8 Å². The van der Waals surface area contributed by atoms with E-state index >= 15 is 0 Å². The largest absolute Gasteiger partial charge is 0.333 e. The van der Waals surface area contributed by atoms with Gasteiger partial charge in [0.15, 0.2) is 5.16 Å². The van der Waals surface area contributed by atoms with Crippen molar-refractivity contribution in [3.05, 3.63) is 84.9 Å². The highest BCUT2D eigenvalue weighted by atomic mass is 32.2. The van der Waals surface area contributed by atoms with Gasteiger partial charge in [-0.1, -0.05) is 67.2 Å². The van der Waals surface area contributed by atoms with E-state index in [1.807, 2.05) is 91.9 Å². The zero-order valence-corrected chi connectivity index (χ0v) is 16.4. The van der Waals surface area contributed by atoms with Crippen molar-refractivity contribution in [2.75, 3.05) is 4.90 Å². The molecule has 3 aromatic carbocycles. The van der Waals surface area contributed by atoms with E-state index in [1.165, 1.54) is 11.8 Å². The van der Waals surface area contributed by atoms with Crippen LogP contribution in [0.3, 0.4) is 0 Å². The summed E-state index contributed by atoms with van der Waals surface area (Å²) in [4.78, 5) is 23.3. The topological polar surface area (TPSA) is 49.0 Å². The average Bonchev–Trinajstić information content (AvgIpc) is 3.16. The lowest BCUT2D eigenvalue weighted by Crippen LogP contribution is -2.34. The number of imidazole rings is 1. The van der Waals surface area contributed by atoms with Crippen LogP contribution in [0.4, 0.5) is 11.4 Å². The van der Waals surface area contributed by atoms with Crippen LogP contribution >= 0.6 is 11.8 Å². The Morgan fingerprint density at radius 1 is 0.929 bits per heavy atom. The van der Waals surface area contributed by atoms with Gasteiger partial charge in [0.25, 0.3) is 0 Å². The molecule has 1 N–H and O–H groups in total. The Hall–Kier alpha value is -3.05. The summed E-state index contributed by atoms with van der Waals surface area (Å²) in [7, 11) is 0. The molecule has 4 rings (SSSR count). The van der Waals surface area contributed by atoms with Crippen molar-refractivity contribution in [1.29, 1.82) is 0 Å². The minimum atomic E-state index is -0.249. The van der Waals surface area contributed by atoms with E-state index in [9.17, 15) is 4.79 Å². The highest BCUT2D eigenvalue weighted by Gasteiger charge is 2.27. The smallest absolute Gasteiger partial charge is 0.245 e. The van der Waals surface area contributed by atoms with Crippen LogP contribution in [0.1, 0.15) is 13.3 Å². The van der Waals surface area contributed by atoms with Crippen molar-refractivity contribution in [1.82, 2.24) is 9.97 Å². The molecule has 1 heterocycles. The van der Waals surface area contributed by atoms with E-state index in [0.29, 0.717) is 6.42 Å². The molecule has 0 bridgehead atoms. The lowest BCUT2D eigenvalue weighted by molar-refractivity contribution is -0.117. The SMILES string of the molecule is CCC(Sc1nc2ccccc2[nH]1)C(=O)N(c1ccccc1)c1ccccc1. The molecule has 28 heavy (non-hydrogen) atoms. The number of aromatic nitrogens is 2. The molecule has 4 nitrogen and oxygen atoms in total. The second-order valence-corrected chi connectivity index (χ2v) is 7.61. The molecule has 0 aliphatic rings. The van der Waals surface area contributed by atoms with E-state index in [4.69, 9.17) is 0 Å². The molecular weight excluding hydrogens is 366 g/mol. The van der Waals surface area contributed by atoms with Gasteiger partial charge in [0, 0.05) is 11.4 Å². The zero-order chi connectivity index (χ0) is 19.3. The first-order valence-electron chi connectivity index (χ1n) is 9.31. The van der Waals surface area contributed by atoms with Crippen molar-refractivity contribution >= 4 is 40.1 Å². The van der Waals surface area contributed by atoms with Crippen molar-refractivity contribution in [2.45, 2.75) is 23.8 Å². The van der Waals surface area contributed by atoms with Gasteiger partial charge in [0.1, 0.15) is 0 Å². The third-order valence-electron chi connectivity index (χ3n) is 4.52. The van der Waals surface area contributed by atoms with Gasteiger partial charge < -0.3 is 4.98 Å². The number of hydrogen-bond acceptors (Lipinski definition) is 3. The molecule has 140 valence electrons. The predicted molar refractivity (Wildman–Crippen MR) is 116 cm³/mol. The monoisotopic (exact) mass is 387 g/mol. The van der Waals surface area contributed by atoms with E-state index in [1.54, 1.807) is 4.90 Å². The van der Waals surface area contributed by atoms with E-state index in [0.717, 1.165) is 27.6 Å². The summed E-state index contributed by atoms with van der Waals surface area (Å²) in [6.07, 6.45) is 0.705. The molecule has 0 aliphatic heterocycles. The number of carbonyl (C=O) groups excluding carboxylic acids is 1. The third kappa shape index (κ3) is 3.80. The number of nitrogens with one attached hydrogen (secondary N) is 1. The molecular formula is C23H21N3OS. The van der Waals surface area contributed by atoms with Crippen LogP contribution < -0.4 is 4.90 Å². The van der Waals surface area contributed by atoms with Gasteiger partial charge in [-0.25, -0.2) is 4.98 Å². The number of thioether (sulfide) groups is 1. The van der Waals surface area contributed by atoms with Crippen LogP contribution in [0.2, 0.25) is 0 Å². The maximum absolute atomic E-state index is 13.6. The number of anilines is 2.